The number of aromatic amines is 1. The number of amides is 1. The Labute approximate surface area is 214 Å². The number of fused-ring (bicyclic) bond motifs is 4. The van der Waals surface area contributed by atoms with Crippen molar-refractivity contribution in [2.75, 3.05) is 26.7 Å². The van der Waals surface area contributed by atoms with Gasteiger partial charge in [0.1, 0.15) is 11.6 Å². The number of carbonyl (C=O) groups excluding carboxylic acids is 1. The number of nitrogens with one attached hydrogen (secondary N) is 1. The van der Waals surface area contributed by atoms with Crippen LogP contribution in [0.4, 0.5) is 4.39 Å². The maximum Gasteiger partial charge on any atom is 0.225 e. The van der Waals surface area contributed by atoms with Gasteiger partial charge in [-0.05, 0) is 55.9 Å². The van der Waals surface area contributed by atoms with Gasteiger partial charge in [-0.3, -0.25) is 9.69 Å². The third-order valence-corrected chi connectivity index (χ3v) is 9.05. The van der Waals surface area contributed by atoms with Crippen molar-refractivity contribution in [1.82, 2.24) is 14.8 Å². The molecular formula is C30H38FN3O2. The first-order valence-electron chi connectivity index (χ1n) is 13.5. The Hall–Kier alpha value is -2.86. The quantitative estimate of drug-likeness (QED) is 0.463. The molecule has 3 heterocycles. The van der Waals surface area contributed by atoms with E-state index in [1.807, 2.05) is 18.2 Å². The van der Waals surface area contributed by atoms with E-state index in [0.29, 0.717) is 12.5 Å². The summed E-state index contributed by atoms with van der Waals surface area (Å²) in [7, 11) is 1.70. The van der Waals surface area contributed by atoms with Gasteiger partial charge in [0.2, 0.25) is 5.91 Å². The molecule has 2 aliphatic heterocycles. The molecule has 6 rings (SSSR count). The number of halogens is 1. The van der Waals surface area contributed by atoms with Gasteiger partial charge in [-0.15, -0.1) is 0 Å². The van der Waals surface area contributed by atoms with Gasteiger partial charge in [0.25, 0.3) is 0 Å². The highest BCUT2D eigenvalue weighted by Gasteiger charge is 2.48. The summed E-state index contributed by atoms with van der Waals surface area (Å²) < 4.78 is 20.2. The Bertz CT molecular complexity index is 1280. The van der Waals surface area contributed by atoms with E-state index >= 15 is 0 Å². The first-order valence-corrected chi connectivity index (χ1v) is 13.5. The zero-order valence-electron chi connectivity index (χ0n) is 21.4. The molecule has 0 radical (unpaired) electrons. The second-order valence-corrected chi connectivity index (χ2v) is 11.0. The van der Waals surface area contributed by atoms with Crippen LogP contribution in [0, 0.1) is 11.7 Å². The molecule has 1 N–H and O–H groups in total. The Balaban J connectivity index is 0.00000280. The molecule has 1 saturated carbocycles. The first kappa shape index (κ1) is 23.5. The second-order valence-electron chi connectivity index (χ2n) is 11.0. The highest BCUT2D eigenvalue weighted by Crippen LogP contribution is 2.50. The van der Waals surface area contributed by atoms with Gasteiger partial charge in [0.05, 0.1) is 13.2 Å². The monoisotopic (exact) mass is 491 g/mol. The van der Waals surface area contributed by atoms with Crippen LogP contribution >= 0.6 is 0 Å². The summed E-state index contributed by atoms with van der Waals surface area (Å²) in [5.41, 5.74) is 4.42. The van der Waals surface area contributed by atoms with Crippen molar-refractivity contribution < 1.29 is 15.3 Å². The third-order valence-electron chi connectivity index (χ3n) is 9.05. The van der Waals surface area contributed by atoms with Gasteiger partial charge in [-0.2, -0.15) is 0 Å². The molecular weight excluding hydrogens is 453 g/mol. The molecule has 0 bridgehead atoms. The van der Waals surface area contributed by atoms with Crippen LogP contribution in [-0.4, -0.2) is 47.4 Å². The Morgan fingerprint density at radius 2 is 1.97 bits per heavy atom. The van der Waals surface area contributed by atoms with Crippen molar-refractivity contribution in [2.45, 2.75) is 63.5 Å². The average Bonchev–Trinajstić information content (AvgIpc) is 3.24. The zero-order valence-corrected chi connectivity index (χ0v) is 21.4. The second kappa shape index (κ2) is 9.22. The summed E-state index contributed by atoms with van der Waals surface area (Å²) >= 11 is 0. The molecule has 0 unspecified atom stereocenters. The summed E-state index contributed by atoms with van der Waals surface area (Å²) in [4.78, 5) is 21.4. The van der Waals surface area contributed by atoms with E-state index < -0.39 is 0 Å². The maximum absolute atomic E-state index is 14.7. The SMILES string of the molecule is CC[C@H]1c2[nH]c3cc(OC)ccc3c2C2(CCN(C(=O)C3CCC3)CC2)CN1Cc1ccccc1F.[HH]. The van der Waals surface area contributed by atoms with E-state index in [0.717, 1.165) is 68.6 Å². The normalized spacial score (nSPS) is 22.0. The fourth-order valence-corrected chi connectivity index (χ4v) is 6.86. The number of ether oxygens (including phenoxy) is 1. The summed E-state index contributed by atoms with van der Waals surface area (Å²) in [6.45, 7) is 5.25. The number of benzene rings is 2. The van der Waals surface area contributed by atoms with Crippen molar-refractivity contribution in [3.05, 3.63) is 65.1 Å². The fourth-order valence-electron chi connectivity index (χ4n) is 6.86. The molecule has 1 saturated heterocycles. The lowest BCUT2D eigenvalue weighted by atomic mass is 9.67. The molecule has 36 heavy (non-hydrogen) atoms. The summed E-state index contributed by atoms with van der Waals surface area (Å²) in [6, 6.07) is 13.6. The van der Waals surface area contributed by atoms with Crippen LogP contribution < -0.4 is 4.74 Å². The zero-order chi connectivity index (χ0) is 24.9. The lowest BCUT2D eigenvalue weighted by Gasteiger charge is -2.51. The minimum atomic E-state index is -0.144. The van der Waals surface area contributed by atoms with Crippen LogP contribution in [-0.2, 0) is 16.8 Å². The number of H-pyrrole nitrogens is 1. The number of aromatic nitrogens is 1. The van der Waals surface area contributed by atoms with E-state index in [1.54, 1.807) is 19.2 Å². The summed E-state index contributed by atoms with van der Waals surface area (Å²) in [5, 5.41) is 1.26. The number of piperidine rings is 1. The van der Waals surface area contributed by atoms with Gasteiger partial charge in [0.15, 0.2) is 0 Å². The topological polar surface area (TPSA) is 48.6 Å². The van der Waals surface area contributed by atoms with Crippen LogP contribution in [0.25, 0.3) is 10.9 Å². The molecule has 1 amide bonds. The molecule has 6 heteroatoms. The summed E-state index contributed by atoms with van der Waals surface area (Å²) in [5.74, 6) is 1.29. The lowest BCUT2D eigenvalue weighted by molar-refractivity contribution is -0.140. The number of hydrogen-bond acceptors (Lipinski definition) is 3. The van der Waals surface area contributed by atoms with E-state index in [4.69, 9.17) is 4.74 Å². The number of carbonyl (C=O) groups is 1. The van der Waals surface area contributed by atoms with Gasteiger partial charge in [-0.25, -0.2) is 4.39 Å². The molecule has 192 valence electrons. The number of likely N-dealkylation sites (tertiary alicyclic amines) is 1. The van der Waals surface area contributed by atoms with Gasteiger partial charge >= 0.3 is 0 Å². The highest BCUT2D eigenvalue weighted by atomic mass is 19.1. The molecule has 1 spiro atoms. The molecule has 2 fully saturated rings. The van der Waals surface area contributed by atoms with Crippen molar-refractivity contribution in [3.63, 3.8) is 0 Å². The average molecular weight is 492 g/mol. The molecule has 5 nitrogen and oxygen atoms in total. The van der Waals surface area contributed by atoms with E-state index in [1.165, 1.54) is 23.1 Å². The smallest absolute Gasteiger partial charge is 0.225 e. The van der Waals surface area contributed by atoms with Crippen molar-refractivity contribution >= 4 is 16.8 Å². The van der Waals surface area contributed by atoms with Crippen molar-refractivity contribution in [3.8, 4) is 5.75 Å². The Morgan fingerprint density at radius 3 is 2.64 bits per heavy atom. The third kappa shape index (κ3) is 3.81. The van der Waals surface area contributed by atoms with E-state index in [9.17, 15) is 9.18 Å². The fraction of sp³-hybridized carbons (Fsp3) is 0.500. The molecule has 3 aromatic rings. The lowest BCUT2D eigenvalue weighted by Crippen LogP contribution is -2.54. The number of rotatable bonds is 5. The summed E-state index contributed by atoms with van der Waals surface area (Å²) in [6.07, 6.45) is 6.07. The van der Waals surface area contributed by atoms with Crippen LogP contribution in [0.2, 0.25) is 0 Å². The highest BCUT2D eigenvalue weighted by molar-refractivity contribution is 5.88. The Kier molecular flexibility index (Phi) is 6.03. The van der Waals surface area contributed by atoms with Crippen LogP contribution in [0.5, 0.6) is 5.75 Å². The van der Waals surface area contributed by atoms with Crippen molar-refractivity contribution in [1.29, 1.82) is 0 Å². The minimum absolute atomic E-state index is 0. The van der Waals surface area contributed by atoms with Crippen LogP contribution in [0.1, 0.15) is 69.7 Å². The number of methoxy groups -OCH3 is 1. The first-order chi connectivity index (χ1) is 17.5. The Morgan fingerprint density at radius 1 is 1.19 bits per heavy atom. The predicted molar refractivity (Wildman–Crippen MR) is 142 cm³/mol. The predicted octanol–water partition coefficient (Wildman–Crippen LogP) is 6.19. The molecule has 3 aliphatic rings. The van der Waals surface area contributed by atoms with Gasteiger partial charge in [-0.1, -0.05) is 31.5 Å². The largest absolute Gasteiger partial charge is 0.497 e. The minimum Gasteiger partial charge on any atom is -0.497 e. The van der Waals surface area contributed by atoms with E-state index in [2.05, 4.69) is 33.8 Å². The molecule has 2 aromatic carbocycles. The molecule has 1 atom stereocenters. The van der Waals surface area contributed by atoms with Crippen molar-refractivity contribution in [2.24, 2.45) is 5.92 Å². The van der Waals surface area contributed by atoms with Crippen LogP contribution in [0.3, 0.4) is 0 Å². The van der Waals surface area contributed by atoms with Gasteiger partial charge < -0.3 is 14.6 Å². The molecule has 1 aliphatic carbocycles. The standard InChI is InChI=1S/C30H36FN3O2.H2/c1-3-26-28-27(23-12-11-22(36-2)17-25(23)32-28)30(19-34(26)18-21-7-4-5-10-24(21)31)13-15-33(16-14-30)29(35)20-8-6-9-20;/h4-5,7,10-12,17,20,26,32H,3,6,8-9,13-16,18-19H2,1-2H3;1H/t26-;/m0./s1. The van der Waals surface area contributed by atoms with Gasteiger partial charge in [0, 0.05) is 67.2 Å². The van der Waals surface area contributed by atoms with E-state index in [-0.39, 0.29) is 24.6 Å². The van der Waals surface area contributed by atoms with Crippen LogP contribution in [0.15, 0.2) is 42.5 Å². The number of hydrogen-bond donors (Lipinski definition) is 1. The number of nitrogens with zero attached hydrogens (tertiary/aromatic N) is 2. The molecule has 1 aromatic heterocycles. The maximum atomic E-state index is 14.7.